The fourth-order valence-electron chi connectivity index (χ4n) is 2.57. The fourth-order valence-corrected chi connectivity index (χ4v) is 2.57. The van der Waals surface area contributed by atoms with Crippen LogP contribution in [0.5, 0.6) is 0 Å². The minimum Gasteiger partial charge on any atom is -0.448 e. The molecule has 2 aromatic rings. The zero-order valence-corrected chi connectivity index (χ0v) is 12.0. The second-order valence-corrected chi connectivity index (χ2v) is 5.11. The molecule has 0 spiro atoms. The minimum absolute atomic E-state index is 0.0439. The van der Waals surface area contributed by atoms with Crippen molar-refractivity contribution >= 4 is 5.91 Å². The largest absolute Gasteiger partial charge is 0.448 e. The zero-order valence-electron chi connectivity index (χ0n) is 12.0. The smallest absolute Gasteiger partial charge is 0.276 e. The third-order valence-electron chi connectivity index (χ3n) is 3.75. The maximum atomic E-state index is 12.4. The number of aryl methyl sites for hydroxylation is 1. The highest BCUT2D eigenvalue weighted by Gasteiger charge is 2.25. The van der Waals surface area contributed by atoms with E-state index in [9.17, 15) is 4.79 Å². The zero-order chi connectivity index (χ0) is 14.7. The molecule has 3 rings (SSSR count). The number of rotatable bonds is 2. The van der Waals surface area contributed by atoms with Crippen molar-refractivity contribution in [1.29, 1.82) is 0 Å². The minimum atomic E-state index is -0.0847. The predicted molar refractivity (Wildman–Crippen MR) is 76.9 cm³/mol. The van der Waals surface area contributed by atoms with E-state index in [0.29, 0.717) is 31.2 Å². The number of carbonyl (C=O) groups excluding carboxylic acids is 1. The van der Waals surface area contributed by atoms with Crippen molar-refractivity contribution < 1.29 is 13.9 Å². The van der Waals surface area contributed by atoms with Crippen molar-refractivity contribution in [2.75, 3.05) is 19.7 Å². The van der Waals surface area contributed by atoms with Gasteiger partial charge < -0.3 is 14.1 Å². The molecule has 1 saturated heterocycles. The van der Waals surface area contributed by atoms with Gasteiger partial charge in [0.2, 0.25) is 0 Å². The molecule has 1 aliphatic heterocycles. The van der Waals surface area contributed by atoms with Gasteiger partial charge in [-0.15, -0.1) is 0 Å². The van der Waals surface area contributed by atoms with Crippen LogP contribution in [0, 0.1) is 6.92 Å². The van der Waals surface area contributed by atoms with E-state index in [-0.39, 0.29) is 12.0 Å². The van der Waals surface area contributed by atoms with Crippen LogP contribution in [0.2, 0.25) is 0 Å². The van der Waals surface area contributed by atoms with Gasteiger partial charge in [-0.1, -0.05) is 30.3 Å². The third kappa shape index (κ3) is 2.97. The molecule has 0 aliphatic carbocycles. The van der Waals surface area contributed by atoms with Gasteiger partial charge in [0.15, 0.2) is 12.1 Å². The summed E-state index contributed by atoms with van der Waals surface area (Å²) in [5.74, 6) is 0.475. The standard InChI is InChI=1S/C16H18N2O3/c1-12-15(17-11-21-12)16(19)18-8-7-14(20-10-9-18)13-5-3-2-4-6-13/h2-6,11,14H,7-10H2,1H3. The van der Waals surface area contributed by atoms with Crippen molar-refractivity contribution in [2.45, 2.75) is 19.4 Å². The maximum Gasteiger partial charge on any atom is 0.276 e. The Bertz CT molecular complexity index is 609. The van der Waals surface area contributed by atoms with Crippen LogP contribution in [0.15, 0.2) is 41.1 Å². The molecule has 0 radical (unpaired) electrons. The van der Waals surface area contributed by atoms with Gasteiger partial charge in [-0.2, -0.15) is 0 Å². The lowest BCUT2D eigenvalue weighted by Gasteiger charge is -2.18. The van der Waals surface area contributed by atoms with Gasteiger partial charge in [-0.3, -0.25) is 4.79 Å². The fraction of sp³-hybridized carbons (Fsp3) is 0.375. The lowest BCUT2D eigenvalue weighted by atomic mass is 10.1. The van der Waals surface area contributed by atoms with Crippen LogP contribution in [0.3, 0.4) is 0 Å². The first-order chi connectivity index (χ1) is 10.3. The molecule has 1 amide bonds. The Kier molecular flexibility index (Phi) is 4.01. The molecule has 1 unspecified atom stereocenters. The number of oxazole rings is 1. The number of nitrogens with zero attached hydrogens (tertiary/aromatic N) is 2. The molecule has 1 aromatic heterocycles. The van der Waals surface area contributed by atoms with E-state index in [1.807, 2.05) is 18.2 Å². The van der Waals surface area contributed by atoms with Crippen LogP contribution in [-0.2, 0) is 4.74 Å². The molecule has 21 heavy (non-hydrogen) atoms. The summed E-state index contributed by atoms with van der Waals surface area (Å²) in [4.78, 5) is 18.2. The SMILES string of the molecule is Cc1ocnc1C(=O)N1CCOC(c2ccccc2)CC1. The van der Waals surface area contributed by atoms with E-state index in [2.05, 4.69) is 17.1 Å². The number of hydrogen-bond donors (Lipinski definition) is 0. The van der Waals surface area contributed by atoms with Gasteiger partial charge in [0, 0.05) is 13.1 Å². The topological polar surface area (TPSA) is 55.6 Å². The highest BCUT2D eigenvalue weighted by Crippen LogP contribution is 2.24. The highest BCUT2D eigenvalue weighted by molar-refractivity contribution is 5.93. The summed E-state index contributed by atoms with van der Waals surface area (Å²) in [6.45, 7) is 3.52. The van der Waals surface area contributed by atoms with Gasteiger partial charge in [-0.25, -0.2) is 4.98 Å². The second-order valence-electron chi connectivity index (χ2n) is 5.11. The normalized spacial score (nSPS) is 19.3. The Balaban J connectivity index is 1.69. The van der Waals surface area contributed by atoms with E-state index in [1.54, 1.807) is 11.8 Å². The van der Waals surface area contributed by atoms with Crippen LogP contribution >= 0.6 is 0 Å². The Labute approximate surface area is 123 Å². The maximum absolute atomic E-state index is 12.4. The molecule has 0 N–H and O–H groups in total. The number of aromatic nitrogens is 1. The molecule has 1 fully saturated rings. The van der Waals surface area contributed by atoms with Crippen molar-refractivity contribution in [1.82, 2.24) is 9.88 Å². The second kappa shape index (κ2) is 6.10. The monoisotopic (exact) mass is 286 g/mol. The van der Waals surface area contributed by atoms with Crippen LogP contribution in [0.4, 0.5) is 0 Å². The average molecular weight is 286 g/mol. The summed E-state index contributed by atoms with van der Waals surface area (Å²) in [7, 11) is 0. The molecule has 5 nitrogen and oxygen atoms in total. The number of benzene rings is 1. The Morgan fingerprint density at radius 2 is 2.10 bits per heavy atom. The van der Waals surface area contributed by atoms with Gasteiger partial charge in [0.1, 0.15) is 5.76 Å². The Hall–Kier alpha value is -2.14. The first kappa shape index (κ1) is 13.8. The molecular weight excluding hydrogens is 268 g/mol. The van der Waals surface area contributed by atoms with Crippen LogP contribution in [-0.4, -0.2) is 35.5 Å². The summed E-state index contributed by atoms with van der Waals surface area (Å²) in [6, 6.07) is 10.1. The van der Waals surface area contributed by atoms with E-state index in [4.69, 9.17) is 9.15 Å². The first-order valence-corrected chi connectivity index (χ1v) is 7.11. The van der Waals surface area contributed by atoms with Gasteiger partial charge in [0.25, 0.3) is 5.91 Å². The van der Waals surface area contributed by atoms with Gasteiger partial charge >= 0.3 is 0 Å². The quantitative estimate of drug-likeness (QED) is 0.851. The number of ether oxygens (including phenoxy) is 1. The van der Waals surface area contributed by atoms with Crippen molar-refractivity contribution in [3.8, 4) is 0 Å². The molecule has 0 saturated carbocycles. The molecule has 1 aromatic carbocycles. The van der Waals surface area contributed by atoms with E-state index in [1.165, 1.54) is 6.39 Å². The van der Waals surface area contributed by atoms with E-state index in [0.717, 1.165) is 12.0 Å². The molecule has 110 valence electrons. The van der Waals surface area contributed by atoms with E-state index < -0.39 is 0 Å². The summed E-state index contributed by atoms with van der Waals surface area (Å²) in [6.07, 6.45) is 2.14. The summed E-state index contributed by atoms with van der Waals surface area (Å²) in [5.41, 5.74) is 1.55. The summed E-state index contributed by atoms with van der Waals surface area (Å²) >= 11 is 0. The number of amides is 1. The summed E-state index contributed by atoms with van der Waals surface area (Å²) < 4.78 is 11.0. The van der Waals surface area contributed by atoms with E-state index >= 15 is 0 Å². The van der Waals surface area contributed by atoms with Crippen LogP contribution in [0.1, 0.15) is 34.3 Å². The molecule has 1 aliphatic rings. The third-order valence-corrected chi connectivity index (χ3v) is 3.75. The summed E-state index contributed by atoms with van der Waals surface area (Å²) in [5, 5.41) is 0. The lowest BCUT2D eigenvalue weighted by Crippen LogP contribution is -2.33. The number of hydrogen-bond acceptors (Lipinski definition) is 4. The van der Waals surface area contributed by atoms with Crippen LogP contribution < -0.4 is 0 Å². The average Bonchev–Trinajstić information content (AvgIpc) is 2.80. The molecule has 5 heteroatoms. The molecule has 2 heterocycles. The Morgan fingerprint density at radius 3 is 2.81 bits per heavy atom. The van der Waals surface area contributed by atoms with Crippen LogP contribution in [0.25, 0.3) is 0 Å². The number of carbonyl (C=O) groups is 1. The van der Waals surface area contributed by atoms with Crippen molar-refractivity contribution in [3.05, 3.63) is 53.7 Å². The van der Waals surface area contributed by atoms with Crippen molar-refractivity contribution in [3.63, 3.8) is 0 Å². The van der Waals surface area contributed by atoms with Crippen molar-refractivity contribution in [2.24, 2.45) is 0 Å². The molecule has 0 bridgehead atoms. The highest BCUT2D eigenvalue weighted by atomic mass is 16.5. The molecular formula is C16H18N2O3. The van der Waals surface area contributed by atoms with Gasteiger partial charge in [-0.05, 0) is 18.9 Å². The first-order valence-electron chi connectivity index (χ1n) is 7.11. The van der Waals surface area contributed by atoms with Gasteiger partial charge in [0.05, 0.1) is 12.7 Å². The Morgan fingerprint density at radius 1 is 1.29 bits per heavy atom. The molecule has 1 atom stereocenters. The lowest BCUT2D eigenvalue weighted by molar-refractivity contribution is 0.0583. The predicted octanol–water partition coefficient (Wildman–Crippen LogP) is 2.59.